The second-order valence-corrected chi connectivity index (χ2v) is 6.65. The lowest BCUT2D eigenvalue weighted by atomic mass is 10.1. The molecular weight excluding hydrogens is 381 g/mol. The van der Waals surface area contributed by atoms with Crippen LogP contribution in [0.25, 0.3) is 11.0 Å². The van der Waals surface area contributed by atoms with E-state index in [9.17, 15) is 14.0 Å². The highest BCUT2D eigenvalue weighted by Gasteiger charge is 2.25. The van der Waals surface area contributed by atoms with E-state index >= 15 is 0 Å². The van der Waals surface area contributed by atoms with E-state index in [2.05, 4.69) is 10.8 Å². The Kier molecular flexibility index (Phi) is 6.00. The summed E-state index contributed by atoms with van der Waals surface area (Å²) in [6.45, 7) is 3.43. The SMILES string of the molecule is Cc1ccc(Nc2c(C(=O)NOCCCO)c3oc(C)cc3c(=O)n2C)c(F)c1. The van der Waals surface area contributed by atoms with Crippen molar-refractivity contribution in [2.24, 2.45) is 7.05 Å². The smallest absolute Gasteiger partial charge is 0.282 e. The van der Waals surface area contributed by atoms with E-state index in [0.29, 0.717) is 12.2 Å². The minimum absolute atomic E-state index is 0.000765. The lowest BCUT2D eigenvalue weighted by molar-refractivity contribution is 0.0262. The van der Waals surface area contributed by atoms with Crippen LogP contribution in [0.5, 0.6) is 0 Å². The number of amides is 1. The van der Waals surface area contributed by atoms with Gasteiger partial charge >= 0.3 is 0 Å². The van der Waals surface area contributed by atoms with Gasteiger partial charge in [0, 0.05) is 13.7 Å². The zero-order chi connectivity index (χ0) is 21.1. The van der Waals surface area contributed by atoms with Gasteiger partial charge in [-0.1, -0.05) is 6.07 Å². The Balaban J connectivity index is 2.12. The first kappa shape index (κ1) is 20.6. The van der Waals surface area contributed by atoms with E-state index in [4.69, 9.17) is 14.4 Å². The number of aliphatic hydroxyl groups is 1. The summed E-state index contributed by atoms with van der Waals surface area (Å²) in [5.74, 6) is -0.694. The molecule has 0 atom stereocenters. The number of anilines is 2. The van der Waals surface area contributed by atoms with Crippen LogP contribution in [0.4, 0.5) is 15.9 Å². The Morgan fingerprint density at radius 2 is 2.07 bits per heavy atom. The lowest BCUT2D eigenvalue weighted by Crippen LogP contribution is -2.29. The van der Waals surface area contributed by atoms with Crippen molar-refractivity contribution in [2.75, 3.05) is 18.5 Å². The number of benzene rings is 1. The topological polar surface area (TPSA) is 106 Å². The van der Waals surface area contributed by atoms with Crippen LogP contribution in [-0.4, -0.2) is 28.8 Å². The van der Waals surface area contributed by atoms with Crippen molar-refractivity contribution in [2.45, 2.75) is 20.3 Å². The molecular formula is C20H22FN3O5. The van der Waals surface area contributed by atoms with Gasteiger partial charge in [-0.05, 0) is 44.0 Å². The predicted octanol–water partition coefficient (Wildman–Crippen LogP) is 2.67. The maximum absolute atomic E-state index is 14.4. The number of furan rings is 1. The zero-order valence-corrected chi connectivity index (χ0v) is 16.3. The molecule has 29 heavy (non-hydrogen) atoms. The van der Waals surface area contributed by atoms with E-state index in [1.165, 1.54) is 29.8 Å². The molecule has 2 heterocycles. The molecule has 9 heteroatoms. The second kappa shape index (κ2) is 8.46. The first-order valence-electron chi connectivity index (χ1n) is 9.02. The van der Waals surface area contributed by atoms with Gasteiger partial charge < -0.3 is 14.8 Å². The fourth-order valence-corrected chi connectivity index (χ4v) is 2.93. The number of aryl methyl sites for hydroxylation is 2. The van der Waals surface area contributed by atoms with Crippen molar-refractivity contribution in [3.63, 3.8) is 0 Å². The number of nitrogens with one attached hydrogen (secondary N) is 2. The van der Waals surface area contributed by atoms with E-state index in [1.807, 2.05) is 0 Å². The number of pyridine rings is 1. The highest BCUT2D eigenvalue weighted by Crippen LogP contribution is 2.29. The molecule has 0 spiro atoms. The van der Waals surface area contributed by atoms with Crippen LogP contribution in [0.1, 0.15) is 28.1 Å². The molecule has 0 aliphatic rings. The number of hydrogen-bond donors (Lipinski definition) is 3. The van der Waals surface area contributed by atoms with E-state index in [-0.39, 0.29) is 41.3 Å². The number of fused-ring (bicyclic) bond motifs is 1. The number of nitrogens with zero attached hydrogens (tertiary/aromatic N) is 1. The van der Waals surface area contributed by atoms with Crippen molar-refractivity contribution in [3.8, 4) is 0 Å². The third kappa shape index (κ3) is 4.15. The number of halogens is 1. The van der Waals surface area contributed by atoms with Crippen LogP contribution in [0.15, 0.2) is 33.5 Å². The molecule has 0 radical (unpaired) electrons. The van der Waals surface area contributed by atoms with Crippen molar-refractivity contribution < 1.29 is 23.5 Å². The molecule has 0 fully saturated rings. The molecule has 3 N–H and O–H groups in total. The Labute approximate surface area is 165 Å². The van der Waals surface area contributed by atoms with Gasteiger partial charge in [0.25, 0.3) is 11.5 Å². The molecule has 1 aromatic carbocycles. The molecule has 3 aromatic rings. The largest absolute Gasteiger partial charge is 0.460 e. The van der Waals surface area contributed by atoms with Gasteiger partial charge in [0.1, 0.15) is 23.0 Å². The Hall–Kier alpha value is -3.17. The summed E-state index contributed by atoms with van der Waals surface area (Å²) in [6.07, 6.45) is 0.336. The maximum Gasteiger partial charge on any atom is 0.282 e. The normalized spacial score (nSPS) is 11.1. The summed E-state index contributed by atoms with van der Waals surface area (Å²) in [4.78, 5) is 30.7. The number of aromatic nitrogens is 1. The Bertz CT molecular complexity index is 1120. The summed E-state index contributed by atoms with van der Waals surface area (Å²) in [6, 6.07) is 6.11. The Morgan fingerprint density at radius 3 is 2.76 bits per heavy atom. The van der Waals surface area contributed by atoms with Gasteiger partial charge in [-0.15, -0.1) is 0 Å². The van der Waals surface area contributed by atoms with E-state index in [0.717, 1.165) is 5.56 Å². The third-order valence-corrected chi connectivity index (χ3v) is 4.36. The molecule has 2 aromatic heterocycles. The predicted molar refractivity (Wildman–Crippen MR) is 106 cm³/mol. The Morgan fingerprint density at radius 1 is 1.31 bits per heavy atom. The summed E-state index contributed by atoms with van der Waals surface area (Å²) in [5, 5.41) is 11.9. The van der Waals surface area contributed by atoms with Crippen LogP contribution < -0.4 is 16.4 Å². The zero-order valence-electron chi connectivity index (χ0n) is 16.3. The number of rotatable bonds is 7. The maximum atomic E-state index is 14.4. The van der Waals surface area contributed by atoms with Gasteiger partial charge in [-0.3, -0.25) is 19.0 Å². The van der Waals surface area contributed by atoms with Crippen LogP contribution in [-0.2, 0) is 11.9 Å². The molecule has 0 bridgehead atoms. The van der Waals surface area contributed by atoms with Crippen LogP contribution in [0.2, 0.25) is 0 Å². The molecule has 0 unspecified atom stereocenters. The number of carbonyl (C=O) groups excluding carboxylic acids is 1. The van der Waals surface area contributed by atoms with Crippen LogP contribution in [0.3, 0.4) is 0 Å². The summed E-state index contributed by atoms with van der Waals surface area (Å²) >= 11 is 0. The molecule has 8 nitrogen and oxygen atoms in total. The minimum Gasteiger partial charge on any atom is -0.460 e. The van der Waals surface area contributed by atoms with Crippen LogP contribution in [0, 0.1) is 19.7 Å². The fourth-order valence-electron chi connectivity index (χ4n) is 2.93. The molecule has 0 saturated carbocycles. The fraction of sp³-hybridized carbons (Fsp3) is 0.300. The second-order valence-electron chi connectivity index (χ2n) is 6.65. The number of hydrogen-bond acceptors (Lipinski definition) is 6. The average Bonchev–Trinajstić information content (AvgIpc) is 3.06. The third-order valence-electron chi connectivity index (χ3n) is 4.36. The monoisotopic (exact) mass is 403 g/mol. The molecule has 154 valence electrons. The first-order valence-corrected chi connectivity index (χ1v) is 9.02. The molecule has 0 aliphatic heterocycles. The minimum atomic E-state index is -0.673. The quantitative estimate of drug-likeness (QED) is 0.414. The highest BCUT2D eigenvalue weighted by atomic mass is 19.1. The highest BCUT2D eigenvalue weighted by molar-refractivity contribution is 6.09. The van der Waals surface area contributed by atoms with Gasteiger partial charge in [0.15, 0.2) is 5.58 Å². The van der Waals surface area contributed by atoms with Crippen LogP contribution >= 0.6 is 0 Å². The van der Waals surface area contributed by atoms with E-state index < -0.39 is 17.3 Å². The summed E-state index contributed by atoms with van der Waals surface area (Å²) < 4.78 is 21.2. The standard InChI is InChI=1S/C20H22FN3O5/c1-11-5-6-15(14(21)9-11)22-18-16(19(26)23-28-8-4-7-25)17-13(10-12(2)29-17)20(27)24(18)3/h5-6,9-10,22,25H,4,7-8H2,1-3H3,(H,23,26). The van der Waals surface area contributed by atoms with Crippen molar-refractivity contribution in [3.05, 3.63) is 57.3 Å². The molecule has 0 aliphatic carbocycles. The number of hydroxylamine groups is 1. The molecule has 1 amide bonds. The van der Waals surface area contributed by atoms with Gasteiger partial charge in [-0.2, -0.15) is 0 Å². The van der Waals surface area contributed by atoms with Gasteiger partial charge in [-0.25, -0.2) is 9.87 Å². The van der Waals surface area contributed by atoms with Gasteiger partial charge in [0.2, 0.25) is 0 Å². The number of aliphatic hydroxyl groups excluding tert-OH is 1. The summed E-state index contributed by atoms with van der Waals surface area (Å²) in [7, 11) is 1.47. The van der Waals surface area contributed by atoms with E-state index in [1.54, 1.807) is 19.9 Å². The molecule has 3 rings (SSSR count). The van der Waals surface area contributed by atoms with Gasteiger partial charge in [0.05, 0.1) is 17.7 Å². The number of carbonyl (C=O) groups is 1. The van der Waals surface area contributed by atoms with Crippen molar-refractivity contribution >= 4 is 28.4 Å². The average molecular weight is 403 g/mol. The van der Waals surface area contributed by atoms with Crippen molar-refractivity contribution in [1.82, 2.24) is 10.0 Å². The lowest BCUT2D eigenvalue weighted by Gasteiger charge is -2.17. The molecule has 0 saturated heterocycles. The summed E-state index contributed by atoms with van der Waals surface area (Å²) in [5.41, 5.74) is 2.78. The first-order chi connectivity index (χ1) is 13.8. The van der Waals surface area contributed by atoms with Crippen molar-refractivity contribution in [1.29, 1.82) is 0 Å².